The molecule has 0 bridgehead atoms. The van der Waals surface area contributed by atoms with Gasteiger partial charge in [-0.25, -0.2) is 4.31 Å². The van der Waals surface area contributed by atoms with Crippen molar-refractivity contribution in [2.45, 2.75) is 12.0 Å². The Bertz CT molecular complexity index is 218. The fourth-order valence-electron chi connectivity index (χ4n) is 1.03. The van der Waals surface area contributed by atoms with Crippen LogP contribution in [0.4, 0.5) is 0 Å². The molecule has 0 aromatic heterocycles. The van der Waals surface area contributed by atoms with Crippen LogP contribution >= 0.6 is 0 Å². The lowest BCUT2D eigenvalue weighted by molar-refractivity contribution is 0.158. The van der Waals surface area contributed by atoms with Crippen molar-refractivity contribution in [1.82, 2.24) is 4.31 Å². The van der Waals surface area contributed by atoms with E-state index in [0.29, 0.717) is 0 Å². The molecule has 1 fully saturated rings. The summed E-state index contributed by atoms with van der Waals surface area (Å²) in [5.74, 6) is 0. The maximum atomic E-state index is 10.3. The van der Waals surface area contributed by atoms with Gasteiger partial charge in [-0.1, -0.05) is 0 Å². The molecule has 0 aliphatic carbocycles. The first-order valence-electron chi connectivity index (χ1n) is 3.07. The predicted octanol–water partition coefficient (Wildman–Crippen LogP) is -1.29. The molecule has 1 rings (SSSR count). The van der Waals surface area contributed by atoms with Gasteiger partial charge in [0.15, 0.2) is 0 Å². The number of hydrogen-bond donors (Lipinski definition) is 1. The first-order chi connectivity index (χ1) is 5.07. The van der Waals surface area contributed by atoms with E-state index in [9.17, 15) is 8.76 Å². The Morgan fingerprint density at radius 3 is 2.73 bits per heavy atom. The highest BCUT2D eigenvalue weighted by Crippen LogP contribution is 2.21. The highest BCUT2D eigenvalue weighted by molar-refractivity contribution is 7.76. The fraction of sp³-hybridized carbons (Fsp3) is 0.800. The zero-order valence-corrected chi connectivity index (χ0v) is 6.63. The van der Waals surface area contributed by atoms with E-state index < -0.39 is 16.8 Å². The zero-order chi connectivity index (χ0) is 8.48. The molecule has 62 valence electrons. The van der Waals surface area contributed by atoms with Crippen LogP contribution in [0.5, 0.6) is 0 Å². The molecule has 0 amide bonds. The van der Waals surface area contributed by atoms with Crippen molar-refractivity contribution in [2.24, 2.45) is 5.73 Å². The lowest BCUT2D eigenvalue weighted by Gasteiger charge is -2.46. The molecule has 1 saturated heterocycles. The van der Waals surface area contributed by atoms with Gasteiger partial charge in [0.25, 0.3) is 0 Å². The summed E-state index contributed by atoms with van der Waals surface area (Å²) in [6.45, 7) is 0.521. The third-order valence-electron chi connectivity index (χ3n) is 1.62. The van der Waals surface area contributed by atoms with Gasteiger partial charge in [-0.2, -0.15) is 5.26 Å². The van der Waals surface area contributed by atoms with Crippen LogP contribution in [0.3, 0.4) is 0 Å². The molecule has 2 N–H and O–H groups in total. The molecular weight excluding hydrogens is 166 g/mol. The van der Waals surface area contributed by atoms with Crippen molar-refractivity contribution in [3.8, 4) is 6.07 Å². The number of nitrogens with zero attached hydrogens (tertiary/aromatic N) is 2. The molecule has 11 heavy (non-hydrogen) atoms. The van der Waals surface area contributed by atoms with E-state index in [0.717, 1.165) is 0 Å². The van der Waals surface area contributed by atoms with Crippen LogP contribution in [-0.2, 0) is 11.3 Å². The highest BCUT2D eigenvalue weighted by atomic mass is 32.2. The van der Waals surface area contributed by atoms with E-state index >= 15 is 0 Å². The second-order valence-electron chi connectivity index (χ2n) is 2.71. The number of nitriles is 1. The lowest BCUT2D eigenvalue weighted by atomic mass is 9.91. The second kappa shape index (κ2) is 2.87. The Morgan fingerprint density at radius 2 is 2.36 bits per heavy atom. The van der Waals surface area contributed by atoms with Gasteiger partial charge in [0.2, 0.25) is 0 Å². The van der Waals surface area contributed by atoms with Crippen LogP contribution in [0, 0.1) is 11.3 Å². The van der Waals surface area contributed by atoms with Gasteiger partial charge < -0.3 is 10.3 Å². The molecular formula is C5H8N3O2S-. The Hall–Kier alpha value is -0.480. The van der Waals surface area contributed by atoms with Gasteiger partial charge in [-0.3, -0.25) is 4.21 Å². The summed E-state index contributed by atoms with van der Waals surface area (Å²) in [6, 6.07) is 1.92. The maximum absolute atomic E-state index is 10.3. The molecule has 1 aliphatic rings. The summed E-state index contributed by atoms with van der Waals surface area (Å²) in [6.07, 6.45) is 0.209. The molecule has 1 unspecified atom stereocenters. The Labute approximate surface area is 67.2 Å². The molecule has 5 nitrogen and oxygen atoms in total. The molecule has 0 aromatic carbocycles. The van der Waals surface area contributed by atoms with Crippen molar-refractivity contribution < 1.29 is 8.76 Å². The standard InChI is InChI=1S/C5H9N3O2S/c6-2-1-5(7)3-8(4-5)11(9)10/h1,3-4,7H2,(H,9,10)/p-1. The molecule has 0 saturated carbocycles. The SMILES string of the molecule is N#CCC1(N)CN(S(=O)[O-])C1. The normalized spacial score (nSPS) is 25.2. The van der Waals surface area contributed by atoms with Crippen LogP contribution < -0.4 is 5.73 Å². The smallest absolute Gasteiger partial charge is 0.0642 e. The summed E-state index contributed by atoms with van der Waals surface area (Å²) < 4.78 is 21.7. The fourth-order valence-corrected chi connectivity index (χ4v) is 1.76. The van der Waals surface area contributed by atoms with E-state index in [2.05, 4.69) is 0 Å². The quantitative estimate of drug-likeness (QED) is 0.527. The Kier molecular flexibility index (Phi) is 2.25. The topological polar surface area (TPSA) is 93.2 Å². The third-order valence-corrected chi connectivity index (χ3v) is 2.30. The van der Waals surface area contributed by atoms with Crippen LogP contribution in [-0.4, -0.2) is 31.7 Å². The predicted molar refractivity (Wildman–Crippen MR) is 37.6 cm³/mol. The van der Waals surface area contributed by atoms with Crippen molar-refractivity contribution in [3.05, 3.63) is 0 Å². The summed E-state index contributed by atoms with van der Waals surface area (Å²) in [5, 5.41) is 8.29. The number of hydrogen-bond acceptors (Lipinski definition) is 4. The van der Waals surface area contributed by atoms with Gasteiger partial charge in [-0.15, -0.1) is 0 Å². The van der Waals surface area contributed by atoms with Gasteiger partial charge in [0.05, 0.1) is 18.0 Å². The zero-order valence-electron chi connectivity index (χ0n) is 5.82. The van der Waals surface area contributed by atoms with Gasteiger partial charge >= 0.3 is 0 Å². The first-order valence-corrected chi connectivity index (χ1v) is 4.11. The van der Waals surface area contributed by atoms with Crippen molar-refractivity contribution in [3.63, 3.8) is 0 Å². The monoisotopic (exact) mass is 174 g/mol. The van der Waals surface area contributed by atoms with Crippen molar-refractivity contribution in [2.75, 3.05) is 13.1 Å². The van der Waals surface area contributed by atoms with Gasteiger partial charge in [0, 0.05) is 24.4 Å². The van der Waals surface area contributed by atoms with E-state index in [1.807, 2.05) is 6.07 Å². The second-order valence-corrected chi connectivity index (χ2v) is 3.66. The van der Waals surface area contributed by atoms with Crippen LogP contribution in [0.15, 0.2) is 0 Å². The summed E-state index contributed by atoms with van der Waals surface area (Å²) in [4.78, 5) is 0. The summed E-state index contributed by atoms with van der Waals surface area (Å²) in [5.41, 5.74) is 5.00. The molecule has 6 heteroatoms. The maximum Gasteiger partial charge on any atom is 0.0642 e. The molecule has 1 atom stereocenters. The van der Waals surface area contributed by atoms with E-state index in [4.69, 9.17) is 11.0 Å². The first kappa shape index (κ1) is 8.62. The minimum Gasteiger partial charge on any atom is -0.760 e. The molecule has 0 radical (unpaired) electrons. The average Bonchev–Trinajstić information content (AvgIpc) is 1.82. The summed E-state index contributed by atoms with van der Waals surface area (Å²) in [7, 11) is 0. The largest absolute Gasteiger partial charge is 0.760 e. The lowest BCUT2D eigenvalue weighted by Crippen LogP contribution is -2.67. The third kappa shape index (κ3) is 1.75. The van der Waals surface area contributed by atoms with E-state index in [1.165, 1.54) is 4.31 Å². The van der Waals surface area contributed by atoms with Crippen LogP contribution in [0.2, 0.25) is 0 Å². The van der Waals surface area contributed by atoms with Gasteiger partial charge in [-0.05, 0) is 0 Å². The summed E-state index contributed by atoms with van der Waals surface area (Å²) >= 11 is -2.18. The number of rotatable bonds is 2. The molecule has 1 heterocycles. The van der Waals surface area contributed by atoms with Crippen molar-refractivity contribution in [1.29, 1.82) is 5.26 Å². The highest BCUT2D eigenvalue weighted by Gasteiger charge is 2.39. The van der Waals surface area contributed by atoms with E-state index in [1.54, 1.807) is 0 Å². The number of nitrogens with two attached hydrogens (primary N) is 1. The molecule has 0 spiro atoms. The Morgan fingerprint density at radius 1 is 1.82 bits per heavy atom. The minimum absolute atomic E-state index is 0.209. The van der Waals surface area contributed by atoms with Gasteiger partial charge in [0.1, 0.15) is 0 Å². The molecule has 1 aliphatic heterocycles. The van der Waals surface area contributed by atoms with Crippen LogP contribution in [0.25, 0.3) is 0 Å². The minimum atomic E-state index is -2.18. The average molecular weight is 174 g/mol. The van der Waals surface area contributed by atoms with Crippen molar-refractivity contribution >= 4 is 11.3 Å². The molecule has 0 aromatic rings. The van der Waals surface area contributed by atoms with Crippen LogP contribution in [0.1, 0.15) is 6.42 Å². The van der Waals surface area contributed by atoms with E-state index in [-0.39, 0.29) is 19.5 Å². The Balaban J connectivity index is 2.39.